The lowest BCUT2D eigenvalue weighted by Gasteiger charge is -2.34. The van der Waals surface area contributed by atoms with Gasteiger partial charge in [0.15, 0.2) is 5.82 Å². The first-order valence-electron chi connectivity index (χ1n) is 8.00. The SMILES string of the molecule is OC(c1cccs1)C1CCN(c2nncc3ccccc23)CC1. The van der Waals surface area contributed by atoms with Crippen molar-refractivity contribution in [2.75, 3.05) is 18.0 Å². The molecular weight excluding hydrogens is 306 g/mol. The standard InChI is InChI=1S/C18H19N3OS/c22-17(16-6-3-11-23-16)13-7-9-21(10-8-13)18-15-5-2-1-4-14(15)12-19-20-18/h1-6,11-13,17,22H,7-10H2. The molecule has 5 heteroatoms. The third-order valence-corrected chi connectivity index (χ3v) is 5.61. The van der Waals surface area contributed by atoms with Gasteiger partial charge in [0.25, 0.3) is 0 Å². The molecule has 0 bridgehead atoms. The molecule has 1 fully saturated rings. The lowest BCUT2D eigenvalue weighted by atomic mass is 9.90. The third-order valence-electron chi connectivity index (χ3n) is 4.67. The summed E-state index contributed by atoms with van der Waals surface area (Å²) < 4.78 is 0. The molecule has 0 radical (unpaired) electrons. The second-order valence-electron chi connectivity index (χ2n) is 6.04. The Morgan fingerprint density at radius 2 is 1.96 bits per heavy atom. The molecule has 118 valence electrons. The van der Waals surface area contributed by atoms with Gasteiger partial charge >= 0.3 is 0 Å². The second-order valence-corrected chi connectivity index (χ2v) is 7.02. The zero-order chi connectivity index (χ0) is 15.6. The maximum atomic E-state index is 10.5. The lowest BCUT2D eigenvalue weighted by molar-refractivity contribution is 0.0961. The van der Waals surface area contributed by atoms with Crippen LogP contribution in [0, 0.1) is 5.92 Å². The van der Waals surface area contributed by atoms with Crippen LogP contribution in [0.4, 0.5) is 5.82 Å². The summed E-state index contributed by atoms with van der Waals surface area (Å²) in [5, 5.41) is 23.3. The normalized spacial score (nSPS) is 17.5. The molecule has 2 aromatic heterocycles. The van der Waals surface area contributed by atoms with E-state index < -0.39 is 0 Å². The van der Waals surface area contributed by atoms with E-state index in [1.807, 2.05) is 35.8 Å². The summed E-state index contributed by atoms with van der Waals surface area (Å²) >= 11 is 1.64. The van der Waals surface area contributed by atoms with Crippen LogP contribution in [0.2, 0.25) is 0 Å². The maximum absolute atomic E-state index is 10.5. The average Bonchev–Trinajstić information content (AvgIpc) is 3.15. The predicted molar refractivity (Wildman–Crippen MR) is 93.8 cm³/mol. The second kappa shape index (κ2) is 6.26. The van der Waals surface area contributed by atoms with Crippen LogP contribution in [-0.4, -0.2) is 28.4 Å². The summed E-state index contributed by atoms with van der Waals surface area (Å²) in [5.74, 6) is 1.29. The van der Waals surface area contributed by atoms with Gasteiger partial charge in [0, 0.05) is 28.7 Å². The van der Waals surface area contributed by atoms with E-state index in [4.69, 9.17) is 0 Å². The Bertz CT molecular complexity index is 777. The molecule has 1 aliphatic heterocycles. The van der Waals surface area contributed by atoms with Crippen molar-refractivity contribution in [2.45, 2.75) is 18.9 Å². The Labute approximate surface area is 139 Å². The van der Waals surface area contributed by atoms with Crippen LogP contribution in [0.5, 0.6) is 0 Å². The van der Waals surface area contributed by atoms with Crippen LogP contribution >= 0.6 is 11.3 Å². The number of hydrogen-bond acceptors (Lipinski definition) is 5. The van der Waals surface area contributed by atoms with Crippen molar-refractivity contribution in [1.29, 1.82) is 0 Å². The van der Waals surface area contributed by atoms with Crippen molar-refractivity contribution in [1.82, 2.24) is 10.2 Å². The molecule has 3 heterocycles. The highest BCUT2D eigenvalue weighted by Crippen LogP contribution is 2.35. The minimum absolute atomic E-state index is 0.327. The van der Waals surface area contributed by atoms with Crippen molar-refractivity contribution in [3.8, 4) is 0 Å². The summed E-state index contributed by atoms with van der Waals surface area (Å²) in [6.45, 7) is 1.82. The zero-order valence-electron chi connectivity index (χ0n) is 12.8. The fraction of sp³-hybridized carbons (Fsp3) is 0.333. The van der Waals surface area contributed by atoms with E-state index in [1.54, 1.807) is 11.3 Å². The molecule has 0 aliphatic carbocycles. The Morgan fingerprint density at radius 3 is 2.74 bits per heavy atom. The first-order valence-corrected chi connectivity index (χ1v) is 8.88. The van der Waals surface area contributed by atoms with Crippen molar-refractivity contribution in [2.24, 2.45) is 5.92 Å². The molecule has 0 spiro atoms. The van der Waals surface area contributed by atoms with Gasteiger partial charge in [0.1, 0.15) is 0 Å². The number of piperidine rings is 1. The quantitative estimate of drug-likeness (QED) is 0.799. The van der Waals surface area contributed by atoms with E-state index in [-0.39, 0.29) is 6.10 Å². The van der Waals surface area contributed by atoms with Gasteiger partial charge in [0.05, 0.1) is 12.3 Å². The van der Waals surface area contributed by atoms with Crippen LogP contribution in [-0.2, 0) is 0 Å². The number of nitrogens with zero attached hydrogens (tertiary/aromatic N) is 3. The first kappa shape index (κ1) is 14.6. The number of hydrogen-bond donors (Lipinski definition) is 1. The molecule has 1 atom stereocenters. The first-order chi connectivity index (χ1) is 11.3. The summed E-state index contributed by atoms with van der Waals surface area (Å²) in [4.78, 5) is 3.38. The van der Waals surface area contributed by atoms with Crippen molar-refractivity contribution >= 4 is 27.9 Å². The fourth-order valence-electron chi connectivity index (χ4n) is 3.37. The monoisotopic (exact) mass is 325 g/mol. The Kier molecular flexibility index (Phi) is 3.97. The molecule has 1 unspecified atom stereocenters. The van der Waals surface area contributed by atoms with E-state index in [0.717, 1.165) is 47.4 Å². The Balaban J connectivity index is 1.51. The van der Waals surface area contributed by atoms with Gasteiger partial charge in [-0.2, -0.15) is 5.10 Å². The number of aliphatic hydroxyl groups is 1. The molecule has 1 N–H and O–H groups in total. The average molecular weight is 325 g/mol. The summed E-state index contributed by atoms with van der Waals surface area (Å²) in [6.07, 6.45) is 3.43. The topological polar surface area (TPSA) is 49.2 Å². The Morgan fingerprint density at radius 1 is 1.13 bits per heavy atom. The van der Waals surface area contributed by atoms with Crippen LogP contribution < -0.4 is 4.90 Å². The molecule has 3 aromatic rings. The van der Waals surface area contributed by atoms with Gasteiger partial charge < -0.3 is 10.0 Å². The smallest absolute Gasteiger partial charge is 0.159 e. The number of thiophene rings is 1. The summed E-state index contributed by atoms with van der Waals surface area (Å²) in [7, 11) is 0. The molecule has 4 rings (SSSR count). The molecular formula is C18H19N3OS. The molecule has 4 nitrogen and oxygen atoms in total. The van der Waals surface area contributed by atoms with Crippen LogP contribution in [0.25, 0.3) is 10.8 Å². The highest BCUT2D eigenvalue weighted by molar-refractivity contribution is 7.10. The van der Waals surface area contributed by atoms with Crippen molar-refractivity contribution < 1.29 is 5.11 Å². The highest BCUT2D eigenvalue weighted by atomic mass is 32.1. The number of fused-ring (bicyclic) bond motifs is 1. The van der Waals surface area contributed by atoms with Gasteiger partial charge in [-0.25, -0.2) is 0 Å². The lowest BCUT2D eigenvalue weighted by Crippen LogP contribution is -2.36. The van der Waals surface area contributed by atoms with Gasteiger partial charge in [-0.05, 0) is 30.2 Å². The van der Waals surface area contributed by atoms with Crippen LogP contribution in [0.1, 0.15) is 23.8 Å². The number of aliphatic hydroxyl groups excluding tert-OH is 1. The maximum Gasteiger partial charge on any atom is 0.159 e. The molecule has 1 aromatic carbocycles. The highest BCUT2D eigenvalue weighted by Gasteiger charge is 2.28. The number of aromatic nitrogens is 2. The molecule has 1 saturated heterocycles. The van der Waals surface area contributed by atoms with E-state index in [2.05, 4.69) is 27.2 Å². The van der Waals surface area contributed by atoms with Gasteiger partial charge in [-0.1, -0.05) is 30.3 Å². The van der Waals surface area contributed by atoms with Crippen molar-refractivity contribution in [3.05, 3.63) is 52.9 Å². The summed E-state index contributed by atoms with van der Waals surface area (Å²) in [5.41, 5.74) is 0. The number of benzene rings is 1. The molecule has 0 amide bonds. The Hall–Kier alpha value is -1.98. The minimum atomic E-state index is -0.337. The number of anilines is 1. The molecule has 0 saturated carbocycles. The minimum Gasteiger partial charge on any atom is -0.387 e. The van der Waals surface area contributed by atoms with E-state index in [1.165, 1.54) is 0 Å². The van der Waals surface area contributed by atoms with Crippen molar-refractivity contribution in [3.63, 3.8) is 0 Å². The zero-order valence-corrected chi connectivity index (χ0v) is 13.6. The van der Waals surface area contributed by atoms with Crippen LogP contribution in [0.15, 0.2) is 48.0 Å². The molecule has 23 heavy (non-hydrogen) atoms. The predicted octanol–water partition coefficient (Wildman–Crippen LogP) is 3.64. The van der Waals surface area contributed by atoms with Gasteiger partial charge in [-0.15, -0.1) is 16.4 Å². The van der Waals surface area contributed by atoms with Gasteiger partial charge in [-0.3, -0.25) is 0 Å². The number of rotatable bonds is 3. The van der Waals surface area contributed by atoms with E-state index >= 15 is 0 Å². The fourth-order valence-corrected chi connectivity index (χ4v) is 4.17. The largest absolute Gasteiger partial charge is 0.387 e. The van der Waals surface area contributed by atoms with Gasteiger partial charge in [0.2, 0.25) is 0 Å². The molecule has 1 aliphatic rings. The van der Waals surface area contributed by atoms with Crippen LogP contribution in [0.3, 0.4) is 0 Å². The van der Waals surface area contributed by atoms with E-state index in [0.29, 0.717) is 5.92 Å². The third kappa shape index (κ3) is 2.82. The van der Waals surface area contributed by atoms with E-state index in [9.17, 15) is 5.11 Å². The summed E-state index contributed by atoms with van der Waals surface area (Å²) in [6, 6.07) is 12.3.